The number of rotatable bonds is 2. The minimum Gasteiger partial charge on any atom is -0.351 e. The minimum absolute atomic E-state index is 0. The van der Waals surface area contributed by atoms with Gasteiger partial charge in [-0.3, -0.25) is 10.3 Å². The van der Waals surface area contributed by atoms with Gasteiger partial charge in [-0.05, 0) is 11.6 Å². The predicted molar refractivity (Wildman–Crippen MR) is 68.8 cm³/mol. The molecule has 0 heterocycles. The summed E-state index contributed by atoms with van der Waals surface area (Å²) in [4.78, 5) is 14.4. The Kier molecular flexibility index (Phi) is 6.63. The van der Waals surface area contributed by atoms with Crippen LogP contribution in [0.15, 0.2) is 41.4 Å². The molecule has 0 atom stereocenters. The van der Waals surface area contributed by atoms with Gasteiger partial charge in [0.05, 0.1) is 0 Å². The molecule has 0 aliphatic carbocycles. The van der Waals surface area contributed by atoms with E-state index in [2.05, 4.69) is 10.3 Å². The first-order valence-electron chi connectivity index (χ1n) is 4.48. The SMILES string of the molecule is CN=C(/C=C/c1ccccc1)NC(N)=O.Cl. The third-order valence-corrected chi connectivity index (χ3v) is 1.73. The average Bonchev–Trinajstić information content (AvgIpc) is 2.25. The van der Waals surface area contributed by atoms with Crippen molar-refractivity contribution >= 4 is 30.3 Å². The molecule has 0 saturated carbocycles. The summed E-state index contributed by atoms with van der Waals surface area (Å²) in [6.45, 7) is 0. The molecule has 2 amide bonds. The smallest absolute Gasteiger partial charge is 0.317 e. The molecule has 0 aliphatic heterocycles. The summed E-state index contributed by atoms with van der Waals surface area (Å²) in [6, 6.07) is 9.09. The second-order valence-corrected chi connectivity index (χ2v) is 2.84. The van der Waals surface area contributed by atoms with Crippen molar-refractivity contribution in [3.8, 4) is 0 Å². The molecule has 3 N–H and O–H groups in total. The molecule has 0 aliphatic rings. The van der Waals surface area contributed by atoms with E-state index in [1.165, 1.54) is 0 Å². The monoisotopic (exact) mass is 239 g/mol. The molecule has 4 nitrogen and oxygen atoms in total. The molecule has 0 radical (unpaired) electrons. The number of urea groups is 1. The van der Waals surface area contributed by atoms with E-state index in [1.807, 2.05) is 36.4 Å². The van der Waals surface area contributed by atoms with Crippen LogP contribution in [0.2, 0.25) is 0 Å². The lowest BCUT2D eigenvalue weighted by Gasteiger charge is -1.99. The van der Waals surface area contributed by atoms with E-state index >= 15 is 0 Å². The average molecular weight is 240 g/mol. The van der Waals surface area contributed by atoms with E-state index < -0.39 is 6.03 Å². The van der Waals surface area contributed by atoms with Crippen molar-refractivity contribution in [2.75, 3.05) is 7.05 Å². The van der Waals surface area contributed by atoms with Gasteiger partial charge in [0.2, 0.25) is 0 Å². The number of carbonyl (C=O) groups is 1. The van der Waals surface area contributed by atoms with Crippen LogP contribution in [0, 0.1) is 0 Å². The van der Waals surface area contributed by atoms with E-state index in [1.54, 1.807) is 13.1 Å². The number of nitrogens with zero attached hydrogens (tertiary/aromatic N) is 1. The van der Waals surface area contributed by atoms with Gasteiger partial charge in [-0.15, -0.1) is 12.4 Å². The van der Waals surface area contributed by atoms with E-state index in [0.717, 1.165) is 5.56 Å². The van der Waals surface area contributed by atoms with Crippen LogP contribution >= 0.6 is 12.4 Å². The number of carbonyl (C=O) groups excluding carboxylic acids is 1. The summed E-state index contributed by atoms with van der Waals surface area (Å²) in [7, 11) is 1.58. The topological polar surface area (TPSA) is 67.5 Å². The Bertz CT molecular complexity index is 387. The zero-order valence-corrected chi connectivity index (χ0v) is 9.70. The van der Waals surface area contributed by atoms with Crippen molar-refractivity contribution in [2.45, 2.75) is 0 Å². The van der Waals surface area contributed by atoms with E-state index in [-0.39, 0.29) is 12.4 Å². The molecule has 1 aromatic rings. The lowest BCUT2D eigenvalue weighted by atomic mass is 10.2. The maximum Gasteiger partial charge on any atom is 0.317 e. The van der Waals surface area contributed by atoms with Gasteiger partial charge in [0, 0.05) is 7.05 Å². The summed E-state index contributed by atoms with van der Waals surface area (Å²) in [5.41, 5.74) is 6.01. The van der Waals surface area contributed by atoms with Crippen LogP contribution in [-0.4, -0.2) is 18.9 Å². The Hall–Kier alpha value is -1.81. The minimum atomic E-state index is -0.617. The highest BCUT2D eigenvalue weighted by atomic mass is 35.5. The highest BCUT2D eigenvalue weighted by Crippen LogP contribution is 2.00. The van der Waals surface area contributed by atoms with Gasteiger partial charge >= 0.3 is 6.03 Å². The fourth-order valence-corrected chi connectivity index (χ4v) is 1.04. The molecule has 1 rings (SSSR count). The second kappa shape index (κ2) is 7.48. The Morgan fingerprint density at radius 3 is 2.50 bits per heavy atom. The van der Waals surface area contributed by atoms with Crippen LogP contribution in [0.5, 0.6) is 0 Å². The fraction of sp³-hybridized carbons (Fsp3) is 0.0909. The standard InChI is InChI=1S/C11H13N3O.ClH/c1-13-10(14-11(12)15)8-7-9-5-3-2-4-6-9;/h2-8H,1H3,(H3,12,13,14,15);1H/b8-7+;. The van der Waals surface area contributed by atoms with Crippen molar-refractivity contribution < 1.29 is 4.79 Å². The van der Waals surface area contributed by atoms with E-state index in [0.29, 0.717) is 5.84 Å². The third kappa shape index (κ3) is 5.17. The van der Waals surface area contributed by atoms with Crippen molar-refractivity contribution in [1.29, 1.82) is 0 Å². The number of amidine groups is 1. The van der Waals surface area contributed by atoms with Crippen LogP contribution in [0.1, 0.15) is 5.56 Å². The molecule has 0 spiro atoms. The quantitative estimate of drug-likeness (QED) is 0.600. The lowest BCUT2D eigenvalue weighted by Crippen LogP contribution is -2.33. The van der Waals surface area contributed by atoms with Crippen molar-refractivity contribution in [1.82, 2.24) is 5.32 Å². The zero-order valence-electron chi connectivity index (χ0n) is 8.88. The van der Waals surface area contributed by atoms with Crippen LogP contribution in [-0.2, 0) is 0 Å². The Morgan fingerprint density at radius 2 is 2.00 bits per heavy atom. The number of aliphatic imine (C=N–C) groups is 1. The van der Waals surface area contributed by atoms with E-state index in [4.69, 9.17) is 5.73 Å². The molecule has 0 aromatic heterocycles. The van der Waals surface area contributed by atoms with Crippen LogP contribution in [0.4, 0.5) is 4.79 Å². The van der Waals surface area contributed by atoms with Gasteiger partial charge in [-0.25, -0.2) is 4.79 Å². The fourth-order valence-electron chi connectivity index (χ4n) is 1.04. The Morgan fingerprint density at radius 1 is 1.38 bits per heavy atom. The first kappa shape index (κ1) is 14.2. The lowest BCUT2D eigenvalue weighted by molar-refractivity contribution is 0.253. The number of amides is 2. The highest BCUT2D eigenvalue weighted by Gasteiger charge is 1.95. The zero-order chi connectivity index (χ0) is 11.1. The van der Waals surface area contributed by atoms with Crippen LogP contribution < -0.4 is 11.1 Å². The summed E-state index contributed by atoms with van der Waals surface area (Å²) >= 11 is 0. The van der Waals surface area contributed by atoms with Crippen LogP contribution in [0.3, 0.4) is 0 Å². The number of primary amides is 1. The first-order chi connectivity index (χ1) is 7.22. The number of hydrogen-bond donors (Lipinski definition) is 2. The van der Waals surface area contributed by atoms with Gasteiger partial charge < -0.3 is 5.73 Å². The largest absolute Gasteiger partial charge is 0.351 e. The summed E-state index contributed by atoms with van der Waals surface area (Å²) in [5, 5.41) is 2.40. The summed E-state index contributed by atoms with van der Waals surface area (Å²) in [6.07, 6.45) is 3.54. The predicted octanol–water partition coefficient (Wildman–Crippen LogP) is 1.82. The van der Waals surface area contributed by atoms with Crippen molar-refractivity contribution in [2.24, 2.45) is 10.7 Å². The molecule has 0 bridgehead atoms. The molecule has 5 heteroatoms. The Labute approximate surface area is 101 Å². The second-order valence-electron chi connectivity index (χ2n) is 2.84. The molecular weight excluding hydrogens is 226 g/mol. The maximum absolute atomic E-state index is 10.6. The molecule has 0 saturated heterocycles. The highest BCUT2D eigenvalue weighted by molar-refractivity contribution is 6.05. The molecule has 0 unspecified atom stereocenters. The van der Waals surface area contributed by atoms with Gasteiger partial charge in [0.15, 0.2) is 0 Å². The normalized spacial score (nSPS) is 10.9. The van der Waals surface area contributed by atoms with Gasteiger partial charge in [-0.2, -0.15) is 0 Å². The van der Waals surface area contributed by atoms with Crippen molar-refractivity contribution in [3.63, 3.8) is 0 Å². The summed E-state index contributed by atoms with van der Waals surface area (Å²) in [5.74, 6) is 0.436. The Balaban J connectivity index is 0.00000225. The summed E-state index contributed by atoms with van der Waals surface area (Å²) < 4.78 is 0. The third-order valence-electron chi connectivity index (χ3n) is 1.73. The number of nitrogens with one attached hydrogen (secondary N) is 1. The van der Waals surface area contributed by atoms with E-state index in [9.17, 15) is 4.79 Å². The first-order valence-corrected chi connectivity index (χ1v) is 4.48. The molecule has 16 heavy (non-hydrogen) atoms. The van der Waals surface area contributed by atoms with Crippen LogP contribution in [0.25, 0.3) is 6.08 Å². The molecule has 0 fully saturated rings. The maximum atomic E-state index is 10.6. The molecular formula is C11H14ClN3O. The van der Waals surface area contributed by atoms with Crippen molar-refractivity contribution in [3.05, 3.63) is 42.0 Å². The number of nitrogens with two attached hydrogens (primary N) is 1. The molecule has 1 aromatic carbocycles. The number of benzene rings is 1. The number of halogens is 1. The van der Waals surface area contributed by atoms with Gasteiger partial charge in [-0.1, -0.05) is 36.4 Å². The molecule has 86 valence electrons. The van der Waals surface area contributed by atoms with Gasteiger partial charge in [0.25, 0.3) is 0 Å². The van der Waals surface area contributed by atoms with Gasteiger partial charge in [0.1, 0.15) is 5.84 Å². The number of hydrogen-bond acceptors (Lipinski definition) is 2.